The monoisotopic (exact) mass is 378 g/mol. The molecular formula is C21H31ClN2O2. The first-order valence-corrected chi connectivity index (χ1v) is 9.83. The van der Waals surface area contributed by atoms with Gasteiger partial charge in [0.05, 0.1) is 6.04 Å². The van der Waals surface area contributed by atoms with Crippen LogP contribution in [0.25, 0.3) is 0 Å². The molecule has 1 atom stereocenters. The van der Waals surface area contributed by atoms with E-state index in [-0.39, 0.29) is 6.04 Å². The Bertz CT molecular complexity index is 541. The normalized spacial score (nSPS) is 17.3. The van der Waals surface area contributed by atoms with Crippen LogP contribution in [-0.4, -0.2) is 62.5 Å². The van der Waals surface area contributed by atoms with Gasteiger partial charge in [-0.2, -0.15) is 0 Å². The van der Waals surface area contributed by atoms with Gasteiger partial charge in [0.25, 0.3) is 0 Å². The molecule has 0 aromatic heterocycles. The molecule has 1 aromatic carbocycles. The third kappa shape index (κ3) is 6.84. The van der Waals surface area contributed by atoms with Crippen molar-refractivity contribution in [2.45, 2.75) is 25.3 Å². The Labute approximate surface area is 162 Å². The first-order chi connectivity index (χ1) is 12.6. The molecule has 4 nitrogen and oxygen atoms in total. The summed E-state index contributed by atoms with van der Waals surface area (Å²) < 4.78 is 5.87. The van der Waals surface area contributed by atoms with Crippen molar-refractivity contribution in [3.05, 3.63) is 47.5 Å². The van der Waals surface area contributed by atoms with Gasteiger partial charge in [-0.05, 0) is 63.0 Å². The molecule has 0 aliphatic carbocycles. The van der Waals surface area contributed by atoms with E-state index >= 15 is 0 Å². The van der Waals surface area contributed by atoms with Crippen molar-refractivity contribution in [2.24, 2.45) is 5.92 Å². The van der Waals surface area contributed by atoms with Gasteiger partial charge in [0.2, 0.25) is 0 Å². The number of likely N-dealkylation sites (tertiary alicyclic amines) is 1. The number of carbonyl (C=O) groups is 1. The lowest BCUT2D eigenvalue weighted by Crippen LogP contribution is -2.38. The first-order valence-electron chi connectivity index (χ1n) is 9.46. The van der Waals surface area contributed by atoms with Gasteiger partial charge in [-0.25, -0.2) is 0 Å². The van der Waals surface area contributed by atoms with E-state index in [1.807, 2.05) is 30.3 Å². The van der Waals surface area contributed by atoms with Crippen LogP contribution >= 0.6 is 11.6 Å². The van der Waals surface area contributed by atoms with Crippen molar-refractivity contribution in [3.8, 4) is 0 Å². The summed E-state index contributed by atoms with van der Waals surface area (Å²) in [5.41, 5.74) is 1.02. The summed E-state index contributed by atoms with van der Waals surface area (Å²) >= 11 is 5.95. The molecule has 144 valence electrons. The lowest BCUT2D eigenvalue weighted by molar-refractivity contribution is -0.113. The van der Waals surface area contributed by atoms with Crippen LogP contribution in [0.3, 0.4) is 0 Å². The second kappa shape index (κ2) is 11.5. The van der Waals surface area contributed by atoms with E-state index in [1.54, 1.807) is 0 Å². The molecule has 0 N–H and O–H groups in total. The summed E-state index contributed by atoms with van der Waals surface area (Å²) in [6.45, 7) is 9.20. The molecule has 1 fully saturated rings. The van der Waals surface area contributed by atoms with E-state index < -0.39 is 0 Å². The van der Waals surface area contributed by atoms with Gasteiger partial charge in [-0.15, -0.1) is 6.58 Å². The Balaban J connectivity index is 1.67. The van der Waals surface area contributed by atoms with Crippen LogP contribution in [0.1, 0.15) is 30.9 Å². The van der Waals surface area contributed by atoms with Crippen LogP contribution in [-0.2, 0) is 9.53 Å². The van der Waals surface area contributed by atoms with Crippen LogP contribution in [0, 0.1) is 5.92 Å². The van der Waals surface area contributed by atoms with Crippen molar-refractivity contribution < 1.29 is 9.53 Å². The molecule has 0 spiro atoms. The largest absolute Gasteiger partial charge is 0.381 e. The van der Waals surface area contributed by atoms with E-state index in [9.17, 15) is 4.79 Å². The van der Waals surface area contributed by atoms with Crippen LogP contribution < -0.4 is 0 Å². The molecule has 0 radical (unpaired) electrons. The van der Waals surface area contributed by atoms with Crippen LogP contribution in [0.4, 0.5) is 0 Å². The highest BCUT2D eigenvalue weighted by molar-refractivity contribution is 6.30. The lowest BCUT2D eigenvalue weighted by Gasteiger charge is -2.35. The molecule has 2 rings (SSSR count). The second-order valence-electron chi connectivity index (χ2n) is 7.09. The van der Waals surface area contributed by atoms with E-state index in [1.165, 1.54) is 0 Å². The maximum absolute atomic E-state index is 11.6. The highest BCUT2D eigenvalue weighted by Gasteiger charge is 2.25. The molecule has 26 heavy (non-hydrogen) atoms. The number of nitrogens with zero attached hydrogens (tertiary/aromatic N) is 2. The van der Waals surface area contributed by atoms with Crippen molar-refractivity contribution in [3.63, 3.8) is 0 Å². The molecule has 1 saturated heterocycles. The number of rotatable bonds is 11. The minimum absolute atomic E-state index is 0.172. The van der Waals surface area contributed by atoms with Gasteiger partial charge in [0, 0.05) is 31.3 Å². The summed E-state index contributed by atoms with van der Waals surface area (Å²) in [6, 6.07) is 7.41. The zero-order valence-corrected chi connectivity index (χ0v) is 16.5. The molecule has 0 bridgehead atoms. The van der Waals surface area contributed by atoms with Crippen molar-refractivity contribution >= 4 is 17.9 Å². The van der Waals surface area contributed by atoms with Crippen LogP contribution in [0.5, 0.6) is 0 Å². The third-order valence-corrected chi connectivity index (χ3v) is 5.26. The summed E-state index contributed by atoms with van der Waals surface area (Å²) in [5.74, 6) is 0.592. The highest BCUT2D eigenvalue weighted by Crippen LogP contribution is 2.26. The smallest absolute Gasteiger partial charge is 0.141 e. The number of carbonyl (C=O) groups excluding carboxylic acids is 1. The Hall–Kier alpha value is -1.20. The Kier molecular flexibility index (Phi) is 9.33. The fourth-order valence-electron chi connectivity index (χ4n) is 3.43. The average molecular weight is 379 g/mol. The predicted molar refractivity (Wildman–Crippen MR) is 108 cm³/mol. The molecule has 0 saturated carbocycles. The number of ether oxygens (including phenoxy) is 1. The Morgan fingerprint density at radius 2 is 2.04 bits per heavy atom. The zero-order chi connectivity index (χ0) is 18.8. The topological polar surface area (TPSA) is 32.8 Å². The third-order valence-electron chi connectivity index (χ3n) is 5.01. The number of hydrogen-bond acceptors (Lipinski definition) is 4. The van der Waals surface area contributed by atoms with Crippen molar-refractivity contribution in [1.29, 1.82) is 0 Å². The molecule has 1 heterocycles. The minimum Gasteiger partial charge on any atom is -0.381 e. The van der Waals surface area contributed by atoms with Gasteiger partial charge in [-0.3, -0.25) is 4.90 Å². The van der Waals surface area contributed by atoms with Gasteiger partial charge in [0.1, 0.15) is 6.29 Å². The van der Waals surface area contributed by atoms with Gasteiger partial charge in [0.15, 0.2) is 0 Å². The van der Waals surface area contributed by atoms with E-state index in [0.29, 0.717) is 10.9 Å². The van der Waals surface area contributed by atoms with Crippen molar-refractivity contribution in [1.82, 2.24) is 9.80 Å². The molecule has 5 heteroatoms. The van der Waals surface area contributed by atoms with E-state index in [2.05, 4.69) is 23.4 Å². The standard InChI is InChI=1S/C21H31ClN2O2/c1-3-11-23(2)12-4-15-26-17-18-9-13-24(14-10-18)21(16-25)19-5-7-20(22)8-6-19/h3,5-8,16,18,21H,1,4,9-15,17H2,2H3. The maximum atomic E-state index is 11.6. The van der Waals surface area contributed by atoms with Crippen molar-refractivity contribution in [2.75, 3.05) is 46.4 Å². The minimum atomic E-state index is -0.172. The van der Waals surface area contributed by atoms with Gasteiger partial charge >= 0.3 is 0 Å². The van der Waals surface area contributed by atoms with Crippen LogP contribution in [0.2, 0.25) is 5.02 Å². The molecule has 0 amide bonds. The fraction of sp³-hybridized carbons (Fsp3) is 0.571. The fourth-order valence-corrected chi connectivity index (χ4v) is 3.56. The van der Waals surface area contributed by atoms with Gasteiger partial charge < -0.3 is 14.4 Å². The second-order valence-corrected chi connectivity index (χ2v) is 7.53. The molecular weight excluding hydrogens is 348 g/mol. The predicted octanol–water partition coefficient (Wildman–Crippen LogP) is 3.82. The quantitative estimate of drug-likeness (QED) is 0.333. The van der Waals surface area contributed by atoms with Gasteiger partial charge in [-0.1, -0.05) is 29.8 Å². The van der Waals surface area contributed by atoms with E-state index in [0.717, 1.165) is 70.5 Å². The number of benzene rings is 1. The Morgan fingerprint density at radius 3 is 2.65 bits per heavy atom. The number of hydrogen-bond donors (Lipinski definition) is 0. The number of halogens is 1. The summed E-state index contributed by atoms with van der Waals surface area (Å²) in [4.78, 5) is 16.1. The number of aldehydes is 1. The highest BCUT2D eigenvalue weighted by atomic mass is 35.5. The molecule has 1 unspecified atom stereocenters. The first kappa shape index (κ1) is 21.1. The summed E-state index contributed by atoms with van der Waals surface area (Å²) in [7, 11) is 2.10. The SMILES string of the molecule is C=CCN(C)CCCOCC1CCN(C(C=O)c2ccc(Cl)cc2)CC1. The van der Waals surface area contributed by atoms with E-state index in [4.69, 9.17) is 16.3 Å². The average Bonchev–Trinajstić information content (AvgIpc) is 2.65. The maximum Gasteiger partial charge on any atom is 0.141 e. The number of piperidine rings is 1. The molecule has 1 aliphatic heterocycles. The molecule has 1 aliphatic rings. The zero-order valence-electron chi connectivity index (χ0n) is 15.8. The van der Waals surface area contributed by atoms with Crippen LogP contribution in [0.15, 0.2) is 36.9 Å². The summed E-state index contributed by atoms with van der Waals surface area (Å²) in [6.07, 6.45) is 6.17. The summed E-state index contributed by atoms with van der Waals surface area (Å²) in [5, 5.41) is 0.699. The molecule has 1 aromatic rings. The number of likely N-dealkylation sites (N-methyl/N-ethyl adjacent to an activating group) is 1. The Morgan fingerprint density at radius 1 is 1.35 bits per heavy atom. The lowest BCUT2D eigenvalue weighted by atomic mass is 9.95.